The number of hydrogen-bond donors (Lipinski definition) is 1. The van der Waals surface area contributed by atoms with Crippen LogP contribution in [0.1, 0.15) is 57.6 Å². The lowest BCUT2D eigenvalue weighted by Gasteiger charge is -2.37. The minimum Gasteiger partial charge on any atom is -0.493 e. The molecule has 1 aromatic carbocycles. The number of rotatable bonds is 9. The Hall–Kier alpha value is -1.75. The molecular weight excluding hydrogens is 318 g/mol. The summed E-state index contributed by atoms with van der Waals surface area (Å²) in [5.74, 6) is 0.680. The average Bonchev–Trinajstić information content (AvgIpc) is 2.63. The van der Waals surface area contributed by atoms with Gasteiger partial charge in [-0.25, -0.2) is 0 Å². The highest BCUT2D eigenvalue weighted by Gasteiger charge is 2.29. The average molecular weight is 349 g/mol. The molecule has 0 radical (unpaired) electrons. The van der Waals surface area contributed by atoms with Crippen LogP contribution in [0.15, 0.2) is 18.2 Å². The van der Waals surface area contributed by atoms with E-state index >= 15 is 0 Å². The van der Waals surface area contributed by atoms with E-state index in [0.717, 1.165) is 56.7 Å². The van der Waals surface area contributed by atoms with Crippen molar-refractivity contribution in [3.8, 4) is 11.5 Å². The van der Waals surface area contributed by atoms with Gasteiger partial charge in [0.2, 0.25) is 0 Å². The summed E-state index contributed by atoms with van der Waals surface area (Å²) < 4.78 is 11.1. The number of hydrogen-bond acceptors (Lipinski definition) is 4. The van der Waals surface area contributed by atoms with Gasteiger partial charge in [-0.2, -0.15) is 0 Å². The molecule has 0 aromatic heterocycles. The fourth-order valence-electron chi connectivity index (χ4n) is 3.58. The highest BCUT2D eigenvalue weighted by Crippen LogP contribution is 2.36. The molecule has 2 rings (SSSR count). The number of likely N-dealkylation sites (tertiary alicyclic amines) is 1. The molecule has 1 atom stereocenters. The van der Waals surface area contributed by atoms with Crippen LogP contribution >= 0.6 is 0 Å². The van der Waals surface area contributed by atoms with E-state index < -0.39 is 5.97 Å². The minimum atomic E-state index is -0.659. The Bertz CT molecular complexity index is 553. The van der Waals surface area contributed by atoms with Crippen molar-refractivity contribution in [3.63, 3.8) is 0 Å². The zero-order valence-corrected chi connectivity index (χ0v) is 15.7. The van der Waals surface area contributed by atoms with Crippen molar-refractivity contribution in [1.29, 1.82) is 0 Å². The van der Waals surface area contributed by atoms with E-state index in [9.17, 15) is 9.90 Å². The van der Waals surface area contributed by atoms with E-state index in [1.165, 1.54) is 5.56 Å². The quantitative estimate of drug-likeness (QED) is 0.727. The lowest BCUT2D eigenvalue weighted by molar-refractivity contribution is -0.143. The van der Waals surface area contributed by atoms with Crippen LogP contribution in [0.2, 0.25) is 0 Å². The van der Waals surface area contributed by atoms with Gasteiger partial charge in [0.25, 0.3) is 0 Å². The molecule has 5 nitrogen and oxygen atoms in total. The third-order valence-electron chi connectivity index (χ3n) is 5.02. The Morgan fingerprint density at radius 2 is 2.00 bits per heavy atom. The normalized spacial score (nSPS) is 17.2. The molecule has 1 saturated heterocycles. The minimum absolute atomic E-state index is 0.196. The number of methoxy groups -OCH3 is 1. The number of unbranched alkanes of at least 4 members (excludes halogenated alkanes) is 1. The second-order valence-electron chi connectivity index (χ2n) is 6.65. The first-order valence-electron chi connectivity index (χ1n) is 9.38. The third kappa shape index (κ3) is 5.11. The van der Waals surface area contributed by atoms with Gasteiger partial charge in [-0.3, -0.25) is 9.69 Å². The summed E-state index contributed by atoms with van der Waals surface area (Å²) in [7, 11) is 1.66. The van der Waals surface area contributed by atoms with Crippen LogP contribution in [0.25, 0.3) is 0 Å². The van der Waals surface area contributed by atoms with E-state index in [4.69, 9.17) is 9.47 Å². The number of nitrogens with zero attached hydrogens (tertiary/aromatic N) is 1. The Balaban J connectivity index is 2.19. The number of carbonyl (C=O) groups is 1. The number of carboxylic acids is 1. The van der Waals surface area contributed by atoms with Crippen LogP contribution in [0.5, 0.6) is 11.5 Å². The van der Waals surface area contributed by atoms with Crippen LogP contribution < -0.4 is 9.47 Å². The van der Waals surface area contributed by atoms with Crippen molar-refractivity contribution in [1.82, 2.24) is 4.90 Å². The summed E-state index contributed by atoms with van der Waals surface area (Å²) in [6.45, 7) is 6.44. The van der Waals surface area contributed by atoms with Crippen LogP contribution in [0.4, 0.5) is 0 Å². The maximum atomic E-state index is 11.2. The molecule has 25 heavy (non-hydrogen) atoms. The molecular formula is C20H31NO4. The molecule has 1 heterocycles. The number of ether oxygens (including phenoxy) is 2. The molecule has 0 spiro atoms. The largest absolute Gasteiger partial charge is 0.493 e. The van der Waals surface area contributed by atoms with Crippen molar-refractivity contribution < 1.29 is 19.4 Å². The zero-order chi connectivity index (χ0) is 18.2. The van der Waals surface area contributed by atoms with Gasteiger partial charge in [-0.15, -0.1) is 0 Å². The van der Waals surface area contributed by atoms with E-state index in [0.29, 0.717) is 12.6 Å². The van der Waals surface area contributed by atoms with Crippen molar-refractivity contribution >= 4 is 5.97 Å². The van der Waals surface area contributed by atoms with Gasteiger partial charge in [0.1, 0.15) is 0 Å². The fourth-order valence-corrected chi connectivity index (χ4v) is 3.58. The fraction of sp³-hybridized carbons (Fsp3) is 0.650. The maximum absolute atomic E-state index is 11.2. The van der Waals surface area contributed by atoms with Gasteiger partial charge in [-0.1, -0.05) is 25.8 Å². The van der Waals surface area contributed by atoms with Gasteiger partial charge in [0.15, 0.2) is 11.5 Å². The first-order valence-corrected chi connectivity index (χ1v) is 9.38. The lowest BCUT2D eigenvalue weighted by Crippen LogP contribution is -2.38. The summed E-state index contributed by atoms with van der Waals surface area (Å²) in [6, 6.07) is 6.49. The Morgan fingerprint density at radius 3 is 2.56 bits per heavy atom. The van der Waals surface area contributed by atoms with Crippen LogP contribution in [-0.4, -0.2) is 42.8 Å². The summed E-state index contributed by atoms with van der Waals surface area (Å²) in [5.41, 5.74) is 1.23. The topological polar surface area (TPSA) is 59.0 Å². The van der Waals surface area contributed by atoms with E-state index in [1.54, 1.807) is 7.11 Å². The van der Waals surface area contributed by atoms with Crippen molar-refractivity contribution in [2.24, 2.45) is 5.92 Å². The van der Waals surface area contributed by atoms with Gasteiger partial charge >= 0.3 is 5.97 Å². The molecule has 1 fully saturated rings. The second kappa shape index (κ2) is 9.66. The molecule has 0 amide bonds. The Labute approximate surface area is 150 Å². The van der Waals surface area contributed by atoms with Crippen molar-refractivity contribution in [2.45, 2.75) is 52.0 Å². The molecule has 1 N–H and O–H groups in total. The smallest absolute Gasteiger partial charge is 0.306 e. The second-order valence-corrected chi connectivity index (χ2v) is 6.65. The van der Waals surface area contributed by atoms with Gasteiger partial charge in [-0.05, 0) is 57.0 Å². The van der Waals surface area contributed by atoms with Crippen LogP contribution in [0, 0.1) is 5.92 Å². The maximum Gasteiger partial charge on any atom is 0.306 e. The van der Waals surface area contributed by atoms with Crippen molar-refractivity contribution in [2.75, 3.05) is 26.8 Å². The summed E-state index contributed by atoms with van der Waals surface area (Å²) in [6.07, 6.45) is 4.83. The molecule has 1 aliphatic rings. The third-order valence-corrected chi connectivity index (χ3v) is 5.02. The number of aliphatic carboxylic acids is 1. The molecule has 1 unspecified atom stereocenters. The number of carboxylic acid groups (broad SMARTS) is 1. The molecule has 1 aliphatic heterocycles. The SMILES string of the molecule is CCCCC(c1ccc(OC)c(OCC)c1)N1CCC(C(=O)O)CC1. The van der Waals surface area contributed by atoms with Crippen LogP contribution in [0.3, 0.4) is 0 Å². The monoisotopic (exact) mass is 349 g/mol. The van der Waals surface area contributed by atoms with Gasteiger partial charge in [0, 0.05) is 6.04 Å². The number of benzene rings is 1. The van der Waals surface area contributed by atoms with Gasteiger partial charge < -0.3 is 14.6 Å². The molecule has 0 bridgehead atoms. The molecule has 0 saturated carbocycles. The Kier molecular flexibility index (Phi) is 7.56. The highest BCUT2D eigenvalue weighted by atomic mass is 16.5. The summed E-state index contributed by atoms with van der Waals surface area (Å²) >= 11 is 0. The number of piperidine rings is 1. The summed E-state index contributed by atoms with van der Waals surface area (Å²) in [5, 5.41) is 9.23. The highest BCUT2D eigenvalue weighted by molar-refractivity contribution is 5.70. The molecule has 1 aromatic rings. The van der Waals surface area contributed by atoms with Crippen molar-refractivity contribution in [3.05, 3.63) is 23.8 Å². The molecule has 140 valence electrons. The predicted octanol–water partition coefficient (Wildman–Crippen LogP) is 4.12. The summed E-state index contributed by atoms with van der Waals surface area (Å²) in [4.78, 5) is 13.6. The molecule has 5 heteroatoms. The van der Waals surface area contributed by atoms with E-state index in [2.05, 4.69) is 24.0 Å². The zero-order valence-electron chi connectivity index (χ0n) is 15.7. The van der Waals surface area contributed by atoms with Gasteiger partial charge in [0.05, 0.1) is 19.6 Å². The first kappa shape index (κ1) is 19.6. The first-order chi connectivity index (χ1) is 12.1. The Morgan fingerprint density at radius 1 is 1.28 bits per heavy atom. The van der Waals surface area contributed by atoms with Crippen LogP contribution in [-0.2, 0) is 4.79 Å². The molecule has 0 aliphatic carbocycles. The van der Waals surface area contributed by atoms with E-state index in [1.807, 2.05) is 13.0 Å². The predicted molar refractivity (Wildman–Crippen MR) is 98.4 cm³/mol. The lowest BCUT2D eigenvalue weighted by atomic mass is 9.92. The van der Waals surface area contributed by atoms with E-state index in [-0.39, 0.29) is 5.92 Å². The standard InChI is InChI=1S/C20H31NO4/c1-4-6-7-17(21-12-10-15(11-13-21)20(22)23)16-8-9-18(24-3)19(14-16)25-5-2/h8-9,14-15,17H,4-7,10-13H2,1-3H3,(H,22,23).